The van der Waals surface area contributed by atoms with E-state index in [0.29, 0.717) is 11.3 Å². The van der Waals surface area contributed by atoms with Crippen LogP contribution in [0.25, 0.3) is 0 Å². The number of carbonyl (C=O) groups is 3. The number of rotatable bonds is 7. The van der Waals surface area contributed by atoms with E-state index >= 15 is 0 Å². The van der Waals surface area contributed by atoms with E-state index in [9.17, 15) is 22.8 Å². The molecule has 1 aliphatic heterocycles. The van der Waals surface area contributed by atoms with Gasteiger partial charge in [0, 0.05) is 24.3 Å². The normalized spacial score (nSPS) is 19.7. The van der Waals surface area contributed by atoms with Gasteiger partial charge in [0.25, 0.3) is 5.91 Å². The molecule has 0 aliphatic carbocycles. The molecule has 3 rings (SSSR count). The maximum absolute atomic E-state index is 12.9. The molecular formula is C23H27N3O7S. The number of carbonyl (C=O) groups excluding carboxylic acids is 3. The number of nitrogens with one attached hydrogen (secondary N) is 1. The first-order chi connectivity index (χ1) is 16.0. The Balaban J connectivity index is 1.61. The summed E-state index contributed by atoms with van der Waals surface area (Å²) in [5, 5.41) is 2.57. The first kappa shape index (κ1) is 25.3. The number of amides is 2. The largest absolute Gasteiger partial charge is 0.449 e. The third-order valence-electron chi connectivity index (χ3n) is 5.20. The standard InChI is InChI=1S/C23H27N3O7S/c1-14-12-26(13-15(2)32-14)34(30,31)20-10-6-18(7-11-20)23(29)33-16(3)22(28)25-19-8-4-17(5-9-19)21(24)27/h4-11,14-16H,12-13H2,1-3H3,(H2,24,27)(H,25,28). The molecule has 3 atom stereocenters. The van der Waals surface area contributed by atoms with Crippen LogP contribution in [-0.4, -0.2) is 61.9 Å². The van der Waals surface area contributed by atoms with Crippen molar-refractivity contribution in [3.05, 3.63) is 59.7 Å². The summed E-state index contributed by atoms with van der Waals surface area (Å²) in [5.74, 6) is -1.94. The fourth-order valence-electron chi connectivity index (χ4n) is 3.48. The van der Waals surface area contributed by atoms with E-state index < -0.39 is 33.9 Å². The van der Waals surface area contributed by atoms with E-state index in [1.807, 2.05) is 13.8 Å². The molecule has 2 aromatic carbocycles. The Hall–Kier alpha value is -3.28. The van der Waals surface area contributed by atoms with Gasteiger partial charge >= 0.3 is 5.97 Å². The SMILES string of the molecule is CC1CN(S(=O)(=O)c2ccc(C(=O)OC(C)C(=O)Nc3ccc(C(N)=O)cc3)cc2)CC(C)O1. The number of sulfonamides is 1. The van der Waals surface area contributed by atoms with Crippen molar-refractivity contribution < 1.29 is 32.3 Å². The summed E-state index contributed by atoms with van der Waals surface area (Å²) in [7, 11) is -3.74. The molecule has 1 heterocycles. The molecule has 0 spiro atoms. The Bertz CT molecular complexity index is 1150. The van der Waals surface area contributed by atoms with Crippen LogP contribution in [0.2, 0.25) is 0 Å². The molecule has 0 saturated carbocycles. The van der Waals surface area contributed by atoms with E-state index in [1.54, 1.807) is 0 Å². The van der Waals surface area contributed by atoms with Gasteiger partial charge in [0.05, 0.1) is 22.7 Å². The summed E-state index contributed by atoms with van der Waals surface area (Å²) >= 11 is 0. The monoisotopic (exact) mass is 489 g/mol. The number of nitrogens with zero attached hydrogens (tertiary/aromatic N) is 1. The lowest BCUT2D eigenvalue weighted by atomic mass is 10.2. The second-order valence-electron chi connectivity index (χ2n) is 8.08. The van der Waals surface area contributed by atoms with Gasteiger partial charge in [0.1, 0.15) is 0 Å². The third kappa shape index (κ3) is 5.99. The van der Waals surface area contributed by atoms with Gasteiger partial charge in [-0.15, -0.1) is 0 Å². The smallest absolute Gasteiger partial charge is 0.338 e. The van der Waals surface area contributed by atoms with Crippen LogP contribution in [0.1, 0.15) is 41.5 Å². The van der Waals surface area contributed by atoms with Crippen molar-refractivity contribution in [3.8, 4) is 0 Å². The lowest BCUT2D eigenvalue weighted by molar-refractivity contribution is -0.123. The Labute approximate surface area is 198 Å². The molecule has 1 aliphatic rings. The van der Waals surface area contributed by atoms with Gasteiger partial charge in [-0.05, 0) is 69.3 Å². The highest BCUT2D eigenvalue weighted by Gasteiger charge is 2.32. The van der Waals surface area contributed by atoms with Crippen molar-refractivity contribution in [2.24, 2.45) is 5.73 Å². The Morgan fingerprint density at radius 2 is 1.53 bits per heavy atom. The van der Waals surface area contributed by atoms with E-state index in [1.165, 1.54) is 59.8 Å². The lowest BCUT2D eigenvalue weighted by Gasteiger charge is -2.34. The van der Waals surface area contributed by atoms with Crippen LogP contribution in [0.3, 0.4) is 0 Å². The van der Waals surface area contributed by atoms with Crippen molar-refractivity contribution in [2.75, 3.05) is 18.4 Å². The predicted octanol–water partition coefficient (Wildman–Crippen LogP) is 1.77. The number of hydrogen-bond acceptors (Lipinski definition) is 7. The zero-order chi connectivity index (χ0) is 25.0. The third-order valence-corrected chi connectivity index (χ3v) is 7.05. The maximum atomic E-state index is 12.9. The number of primary amides is 1. The summed E-state index contributed by atoms with van der Waals surface area (Å²) < 4.78 is 38.0. The average Bonchev–Trinajstić information content (AvgIpc) is 2.78. The fourth-order valence-corrected chi connectivity index (χ4v) is 5.07. The molecule has 11 heteroatoms. The number of benzene rings is 2. The Morgan fingerprint density at radius 3 is 2.06 bits per heavy atom. The second-order valence-corrected chi connectivity index (χ2v) is 10.0. The van der Waals surface area contributed by atoms with Crippen molar-refractivity contribution in [1.82, 2.24) is 4.31 Å². The highest BCUT2D eigenvalue weighted by Crippen LogP contribution is 2.22. The lowest BCUT2D eigenvalue weighted by Crippen LogP contribution is -2.48. The summed E-state index contributed by atoms with van der Waals surface area (Å²) in [6, 6.07) is 11.3. The van der Waals surface area contributed by atoms with Crippen molar-refractivity contribution in [3.63, 3.8) is 0 Å². The van der Waals surface area contributed by atoms with Crippen LogP contribution >= 0.6 is 0 Å². The number of ether oxygens (including phenoxy) is 2. The highest BCUT2D eigenvalue weighted by molar-refractivity contribution is 7.89. The predicted molar refractivity (Wildman–Crippen MR) is 124 cm³/mol. The van der Waals surface area contributed by atoms with Gasteiger partial charge in [0.2, 0.25) is 15.9 Å². The molecule has 0 bridgehead atoms. The topological polar surface area (TPSA) is 145 Å². The molecule has 1 saturated heterocycles. The first-order valence-corrected chi connectivity index (χ1v) is 12.1. The molecular weight excluding hydrogens is 462 g/mol. The van der Waals surface area contributed by atoms with Crippen LogP contribution in [-0.2, 0) is 24.3 Å². The Morgan fingerprint density at radius 1 is 1.00 bits per heavy atom. The quantitative estimate of drug-likeness (QED) is 0.564. The summed E-state index contributed by atoms with van der Waals surface area (Å²) in [6.07, 6.45) is -1.56. The maximum Gasteiger partial charge on any atom is 0.338 e. The van der Waals surface area contributed by atoms with Crippen molar-refractivity contribution in [2.45, 2.75) is 44.0 Å². The van der Waals surface area contributed by atoms with Crippen LogP contribution < -0.4 is 11.1 Å². The van der Waals surface area contributed by atoms with Gasteiger partial charge in [-0.2, -0.15) is 4.31 Å². The van der Waals surface area contributed by atoms with Crippen LogP contribution in [0.15, 0.2) is 53.4 Å². The Kier molecular flexibility index (Phi) is 7.70. The molecule has 3 N–H and O–H groups in total. The number of morpholine rings is 1. The molecule has 1 fully saturated rings. The number of anilines is 1. The average molecular weight is 490 g/mol. The number of nitrogens with two attached hydrogens (primary N) is 1. The zero-order valence-electron chi connectivity index (χ0n) is 19.1. The fraction of sp³-hybridized carbons (Fsp3) is 0.348. The molecule has 0 aromatic heterocycles. The molecule has 0 radical (unpaired) electrons. The second kappa shape index (κ2) is 10.3. The van der Waals surface area contributed by atoms with E-state index in [2.05, 4.69) is 5.32 Å². The van der Waals surface area contributed by atoms with Crippen molar-refractivity contribution >= 4 is 33.5 Å². The zero-order valence-corrected chi connectivity index (χ0v) is 19.9. The van der Waals surface area contributed by atoms with Gasteiger partial charge in [0.15, 0.2) is 6.10 Å². The van der Waals surface area contributed by atoms with E-state index in [4.69, 9.17) is 15.2 Å². The van der Waals surface area contributed by atoms with Crippen LogP contribution in [0, 0.1) is 0 Å². The van der Waals surface area contributed by atoms with Gasteiger partial charge < -0.3 is 20.5 Å². The van der Waals surface area contributed by atoms with Crippen LogP contribution in [0.5, 0.6) is 0 Å². The highest BCUT2D eigenvalue weighted by atomic mass is 32.2. The van der Waals surface area contributed by atoms with E-state index in [-0.39, 0.29) is 35.8 Å². The molecule has 10 nitrogen and oxygen atoms in total. The van der Waals surface area contributed by atoms with Gasteiger partial charge in [-0.1, -0.05) is 0 Å². The number of esters is 1. The van der Waals surface area contributed by atoms with E-state index in [0.717, 1.165) is 0 Å². The molecule has 3 unspecified atom stereocenters. The van der Waals surface area contributed by atoms with Crippen LogP contribution in [0.4, 0.5) is 5.69 Å². The molecule has 2 amide bonds. The first-order valence-electron chi connectivity index (χ1n) is 10.6. The summed E-state index contributed by atoms with van der Waals surface area (Å²) in [6.45, 7) is 5.52. The molecule has 2 aromatic rings. The van der Waals surface area contributed by atoms with Gasteiger partial charge in [-0.25, -0.2) is 13.2 Å². The number of hydrogen-bond donors (Lipinski definition) is 2. The minimum atomic E-state index is -3.74. The summed E-state index contributed by atoms with van der Waals surface area (Å²) in [4.78, 5) is 36.0. The minimum Gasteiger partial charge on any atom is -0.449 e. The molecule has 34 heavy (non-hydrogen) atoms. The van der Waals surface area contributed by atoms with Gasteiger partial charge in [-0.3, -0.25) is 9.59 Å². The minimum absolute atomic E-state index is 0.0514. The van der Waals surface area contributed by atoms with Crippen molar-refractivity contribution in [1.29, 1.82) is 0 Å². The molecule has 182 valence electrons. The summed E-state index contributed by atoms with van der Waals surface area (Å²) in [5.41, 5.74) is 5.98.